The van der Waals surface area contributed by atoms with Gasteiger partial charge in [0, 0.05) is 18.2 Å². The largest absolute Gasteiger partial charge is 0.408 e. The molecule has 1 aliphatic carbocycles. The Labute approximate surface area is 98.6 Å². The minimum atomic E-state index is -0.101. The van der Waals surface area contributed by atoms with Gasteiger partial charge in [0.25, 0.3) is 0 Å². The molecule has 0 unspecified atom stereocenters. The zero-order chi connectivity index (χ0) is 11.4. The number of anilines is 1. The van der Waals surface area contributed by atoms with Crippen LogP contribution in [-0.2, 0) is 4.79 Å². The molecule has 1 N–H and O–H groups in total. The number of aromatic nitrogens is 2. The van der Waals surface area contributed by atoms with Crippen molar-refractivity contribution in [3.8, 4) is 0 Å². The number of hydrogen-bond donors (Lipinski definition) is 1. The Bertz CT molecular complexity index is 363. The van der Waals surface area contributed by atoms with Gasteiger partial charge in [0.15, 0.2) is 0 Å². The Morgan fingerprint density at radius 3 is 2.94 bits per heavy atom. The van der Waals surface area contributed by atoms with Crippen LogP contribution in [-0.4, -0.2) is 22.0 Å². The van der Waals surface area contributed by atoms with Crippen molar-refractivity contribution >= 4 is 23.5 Å². The second-order valence-electron chi connectivity index (χ2n) is 3.91. The molecule has 16 heavy (non-hydrogen) atoms. The smallest absolute Gasteiger partial charge is 0.322 e. The number of unbranched alkanes of at least 4 members (excludes halogenated alkanes) is 1. The molecule has 1 saturated carbocycles. The molecule has 0 saturated heterocycles. The predicted molar refractivity (Wildman–Crippen MR) is 59.5 cm³/mol. The van der Waals surface area contributed by atoms with Crippen LogP contribution in [0.5, 0.6) is 0 Å². The molecule has 1 amide bonds. The van der Waals surface area contributed by atoms with Crippen LogP contribution in [0.4, 0.5) is 6.01 Å². The van der Waals surface area contributed by atoms with Gasteiger partial charge in [-0.2, -0.15) is 0 Å². The van der Waals surface area contributed by atoms with Crippen molar-refractivity contribution in [1.29, 1.82) is 0 Å². The first kappa shape index (κ1) is 11.4. The maximum atomic E-state index is 11.4. The van der Waals surface area contributed by atoms with E-state index in [1.165, 1.54) is 0 Å². The van der Waals surface area contributed by atoms with Crippen molar-refractivity contribution in [1.82, 2.24) is 10.2 Å². The van der Waals surface area contributed by atoms with E-state index in [9.17, 15) is 4.79 Å². The first-order valence-corrected chi connectivity index (χ1v) is 6.02. The molecule has 0 radical (unpaired) electrons. The van der Waals surface area contributed by atoms with Crippen molar-refractivity contribution in [2.24, 2.45) is 0 Å². The molecule has 1 aromatic rings. The molecule has 0 spiro atoms. The molecule has 88 valence electrons. The second kappa shape index (κ2) is 5.30. The summed E-state index contributed by atoms with van der Waals surface area (Å²) in [5.41, 5.74) is 0. The summed E-state index contributed by atoms with van der Waals surface area (Å²) in [6.45, 7) is 0. The van der Waals surface area contributed by atoms with Gasteiger partial charge in [0.2, 0.25) is 11.8 Å². The summed E-state index contributed by atoms with van der Waals surface area (Å²) in [5.74, 6) is 1.53. The van der Waals surface area contributed by atoms with Crippen LogP contribution < -0.4 is 5.32 Å². The number of nitrogens with zero attached hydrogens (tertiary/aromatic N) is 2. The summed E-state index contributed by atoms with van der Waals surface area (Å²) in [6, 6.07) is 0.206. The van der Waals surface area contributed by atoms with E-state index in [0.29, 0.717) is 24.1 Å². The zero-order valence-corrected chi connectivity index (χ0v) is 9.66. The van der Waals surface area contributed by atoms with Crippen molar-refractivity contribution in [3.63, 3.8) is 0 Å². The summed E-state index contributed by atoms with van der Waals surface area (Å²) in [6.07, 6.45) is 4.26. The summed E-state index contributed by atoms with van der Waals surface area (Å²) >= 11 is 5.52. The number of rotatable bonds is 6. The maximum Gasteiger partial charge on any atom is 0.322 e. The molecule has 1 heterocycles. The average molecular weight is 244 g/mol. The normalized spacial score (nSPS) is 15.1. The molecule has 0 aliphatic heterocycles. The quantitative estimate of drug-likeness (QED) is 0.615. The molecule has 5 nitrogen and oxygen atoms in total. The molecule has 0 bridgehead atoms. The highest BCUT2D eigenvalue weighted by Crippen LogP contribution is 2.39. The lowest BCUT2D eigenvalue weighted by Gasteiger charge is -1.98. The van der Waals surface area contributed by atoms with Gasteiger partial charge in [-0.15, -0.1) is 16.7 Å². The van der Waals surface area contributed by atoms with Gasteiger partial charge in [-0.25, -0.2) is 0 Å². The standard InChI is InChI=1S/C10H14ClN3O2/c11-6-2-1-3-8(15)12-10-14-13-9(16-10)7-4-5-7/h7H,1-6H2,(H,12,14,15). The van der Waals surface area contributed by atoms with E-state index in [1.54, 1.807) is 0 Å². The minimum absolute atomic E-state index is 0.101. The average Bonchev–Trinajstić information content (AvgIpc) is 3.01. The first-order chi connectivity index (χ1) is 7.79. The molecule has 6 heteroatoms. The first-order valence-electron chi connectivity index (χ1n) is 5.49. The molecular weight excluding hydrogens is 230 g/mol. The number of carbonyl (C=O) groups excluding carboxylic acids is 1. The van der Waals surface area contributed by atoms with Gasteiger partial charge >= 0.3 is 6.01 Å². The lowest BCUT2D eigenvalue weighted by atomic mass is 10.2. The Balaban J connectivity index is 1.76. The van der Waals surface area contributed by atoms with Crippen LogP contribution in [0.2, 0.25) is 0 Å². The summed E-state index contributed by atoms with van der Waals surface area (Å²) in [4.78, 5) is 11.4. The molecule has 1 aromatic heterocycles. The molecule has 0 aromatic carbocycles. The molecule has 1 fully saturated rings. The van der Waals surface area contributed by atoms with Gasteiger partial charge in [0.1, 0.15) is 0 Å². The van der Waals surface area contributed by atoms with Crippen molar-refractivity contribution in [3.05, 3.63) is 5.89 Å². The van der Waals surface area contributed by atoms with Crippen LogP contribution in [0.15, 0.2) is 4.42 Å². The number of alkyl halides is 1. The maximum absolute atomic E-state index is 11.4. The monoisotopic (exact) mass is 243 g/mol. The molecule has 0 atom stereocenters. The third kappa shape index (κ3) is 3.20. The Morgan fingerprint density at radius 2 is 2.25 bits per heavy atom. The number of carbonyl (C=O) groups is 1. The van der Waals surface area contributed by atoms with Gasteiger partial charge in [-0.05, 0) is 25.7 Å². The number of nitrogens with one attached hydrogen (secondary N) is 1. The topological polar surface area (TPSA) is 68.0 Å². The minimum Gasteiger partial charge on any atom is -0.408 e. The number of halogens is 1. The van der Waals surface area contributed by atoms with Gasteiger partial charge in [0.05, 0.1) is 0 Å². The lowest BCUT2D eigenvalue weighted by molar-refractivity contribution is -0.116. The lowest BCUT2D eigenvalue weighted by Crippen LogP contribution is -2.11. The van der Waals surface area contributed by atoms with Crippen LogP contribution in [0.25, 0.3) is 0 Å². The van der Waals surface area contributed by atoms with E-state index in [1.807, 2.05) is 0 Å². The van der Waals surface area contributed by atoms with Crippen molar-refractivity contribution in [2.45, 2.75) is 38.0 Å². The van der Waals surface area contributed by atoms with Crippen LogP contribution in [0.1, 0.15) is 43.9 Å². The molecule has 2 rings (SSSR count). The Hall–Kier alpha value is -1.10. The highest BCUT2D eigenvalue weighted by atomic mass is 35.5. The summed E-state index contributed by atoms with van der Waals surface area (Å²) in [5, 5.41) is 10.2. The third-order valence-electron chi connectivity index (χ3n) is 2.40. The fourth-order valence-corrected chi connectivity index (χ4v) is 1.53. The van der Waals surface area contributed by atoms with Crippen LogP contribution in [0, 0.1) is 0 Å². The Kier molecular flexibility index (Phi) is 3.77. The summed E-state index contributed by atoms with van der Waals surface area (Å²) in [7, 11) is 0. The fourth-order valence-electron chi connectivity index (χ4n) is 1.34. The van der Waals surface area contributed by atoms with Gasteiger partial charge in [-0.3, -0.25) is 10.1 Å². The summed E-state index contributed by atoms with van der Waals surface area (Å²) < 4.78 is 5.30. The van der Waals surface area contributed by atoms with Crippen LogP contribution in [0.3, 0.4) is 0 Å². The van der Waals surface area contributed by atoms with E-state index in [4.69, 9.17) is 16.0 Å². The Morgan fingerprint density at radius 1 is 1.44 bits per heavy atom. The van der Waals surface area contributed by atoms with Crippen LogP contribution >= 0.6 is 11.6 Å². The van der Waals surface area contributed by atoms with E-state index < -0.39 is 0 Å². The van der Waals surface area contributed by atoms with Gasteiger partial charge in [-0.1, -0.05) is 5.10 Å². The van der Waals surface area contributed by atoms with Crippen molar-refractivity contribution < 1.29 is 9.21 Å². The number of amides is 1. The van der Waals surface area contributed by atoms with Gasteiger partial charge < -0.3 is 4.42 Å². The predicted octanol–water partition coefficient (Wildman–Crippen LogP) is 2.29. The highest BCUT2D eigenvalue weighted by Gasteiger charge is 2.29. The highest BCUT2D eigenvalue weighted by molar-refractivity contribution is 6.17. The number of hydrogen-bond acceptors (Lipinski definition) is 4. The SMILES string of the molecule is O=C(CCCCCl)Nc1nnc(C2CC2)o1. The molecular formula is C10H14ClN3O2. The second-order valence-corrected chi connectivity index (χ2v) is 4.29. The van der Waals surface area contributed by atoms with E-state index in [2.05, 4.69) is 15.5 Å². The third-order valence-corrected chi connectivity index (χ3v) is 2.67. The fraction of sp³-hybridized carbons (Fsp3) is 0.700. The zero-order valence-electron chi connectivity index (χ0n) is 8.91. The van der Waals surface area contributed by atoms with E-state index >= 15 is 0 Å². The molecule has 1 aliphatic rings. The van der Waals surface area contributed by atoms with E-state index in [-0.39, 0.29) is 11.9 Å². The van der Waals surface area contributed by atoms with E-state index in [0.717, 1.165) is 25.7 Å². The van der Waals surface area contributed by atoms with Crippen molar-refractivity contribution in [2.75, 3.05) is 11.2 Å².